The molecule has 0 radical (unpaired) electrons. The van der Waals surface area contributed by atoms with Crippen molar-refractivity contribution in [2.75, 3.05) is 6.54 Å². The van der Waals surface area contributed by atoms with Gasteiger partial charge in [-0.25, -0.2) is 0 Å². The molecule has 2 atom stereocenters. The molecule has 0 aromatic heterocycles. The lowest BCUT2D eigenvalue weighted by Crippen LogP contribution is -2.20. The predicted molar refractivity (Wildman–Crippen MR) is 84.1 cm³/mol. The Hall–Kier alpha value is -1.35. The van der Waals surface area contributed by atoms with Gasteiger partial charge in [0, 0.05) is 17.5 Å². The van der Waals surface area contributed by atoms with E-state index >= 15 is 0 Å². The van der Waals surface area contributed by atoms with Crippen LogP contribution in [0.1, 0.15) is 34.3 Å². The molecule has 0 fully saturated rings. The zero-order chi connectivity index (χ0) is 14.7. The smallest absolute Gasteiger partial charge is 0.0885 e. The van der Waals surface area contributed by atoms with Gasteiger partial charge in [-0.1, -0.05) is 53.6 Å². The van der Waals surface area contributed by atoms with E-state index in [0.29, 0.717) is 11.6 Å². The first kappa shape index (κ1) is 15.0. The maximum atomic E-state index is 10.6. The van der Waals surface area contributed by atoms with Crippen LogP contribution in [0.25, 0.3) is 0 Å². The second kappa shape index (κ2) is 6.40. The van der Waals surface area contributed by atoms with Gasteiger partial charge in [0.05, 0.1) is 6.10 Å². The first-order valence-electron chi connectivity index (χ1n) is 6.73. The van der Waals surface area contributed by atoms with Crippen LogP contribution in [0.2, 0.25) is 5.02 Å². The monoisotopic (exact) mass is 289 g/mol. The van der Waals surface area contributed by atoms with Crippen molar-refractivity contribution in [2.24, 2.45) is 5.73 Å². The first-order valence-corrected chi connectivity index (χ1v) is 7.11. The second-order valence-corrected chi connectivity index (χ2v) is 5.63. The fraction of sp³-hybridized carbons (Fsp3) is 0.294. The van der Waals surface area contributed by atoms with E-state index in [2.05, 4.69) is 6.07 Å². The average molecular weight is 290 g/mol. The molecule has 2 aromatic rings. The second-order valence-electron chi connectivity index (χ2n) is 5.23. The quantitative estimate of drug-likeness (QED) is 0.901. The van der Waals surface area contributed by atoms with E-state index in [4.69, 9.17) is 17.3 Å². The van der Waals surface area contributed by atoms with Crippen molar-refractivity contribution in [3.8, 4) is 0 Å². The van der Waals surface area contributed by atoms with E-state index < -0.39 is 6.10 Å². The van der Waals surface area contributed by atoms with Gasteiger partial charge in [-0.05, 0) is 36.6 Å². The molecule has 0 heterocycles. The topological polar surface area (TPSA) is 46.2 Å². The minimum Gasteiger partial charge on any atom is -0.388 e. The summed E-state index contributed by atoms with van der Waals surface area (Å²) in [5, 5.41) is 11.2. The molecule has 3 N–H and O–H groups in total. The summed E-state index contributed by atoms with van der Waals surface area (Å²) in [5.41, 5.74) is 9.87. The van der Waals surface area contributed by atoms with Gasteiger partial charge in [-0.3, -0.25) is 0 Å². The van der Waals surface area contributed by atoms with Crippen molar-refractivity contribution >= 4 is 11.6 Å². The van der Waals surface area contributed by atoms with E-state index in [9.17, 15) is 5.11 Å². The third kappa shape index (κ3) is 3.21. The van der Waals surface area contributed by atoms with E-state index in [1.165, 1.54) is 0 Å². The molecule has 2 rings (SSSR count). The molecule has 106 valence electrons. The van der Waals surface area contributed by atoms with E-state index in [0.717, 1.165) is 22.3 Å². The fourth-order valence-corrected chi connectivity index (χ4v) is 2.78. The average Bonchev–Trinajstić information content (AvgIpc) is 2.39. The third-order valence-corrected chi connectivity index (χ3v) is 3.91. The van der Waals surface area contributed by atoms with Gasteiger partial charge in [-0.2, -0.15) is 0 Å². The highest BCUT2D eigenvalue weighted by Crippen LogP contribution is 2.34. The van der Waals surface area contributed by atoms with E-state index in [1.807, 2.05) is 50.2 Å². The lowest BCUT2D eigenvalue weighted by Gasteiger charge is -2.23. The lowest BCUT2D eigenvalue weighted by atomic mass is 9.88. The molecule has 2 unspecified atom stereocenters. The molecule has 3 heteroatoms. The van der Waals surface area contributed by atoms with Crippen molar-refractivity contribution in [1.82, 2.24) is 0 Å². The summed E-state index contributed by atoms with van der Waals surface area (Å²) in [7, 11) is 0. The van der Waals surface area contributed by atoms with Gasteiger partial charge < -0.3 is 10.8 Å². The van der Waals surface area contributed by atoms with E-state index in [-0.39, 0.29) is 5.92 Å². The summed E-state index contributed by atoms with van der Waals surface area (Å²) in [6.45, 7) is 4.38. The van der Waals surface area contributed by atoms with Crippen LogP contribution in [0.3, 0.4) is 0 Å². The van der Waals surface area contributed by atoms with Gasteiger partial charge in [0.1, 0.15) is 0 Å². The highest BCUT2D eigenvalue weighted by molar-refractivity contribution is 6.31. The lowest BCUT2D eigenvalue weighted by molar-refractivity contribution is 0.147. The molecular weight excluding hydrogens is 270 g/mol. The molecule has 20 heavy (non-hydrogen) atoms. The highest BCUT2D eigenvalue weighted by Gasteiger charge is 2.23. The van der Waals surface area contributed by atoms with Gasteiger partial charge in [0.25, 0.3) is 0 Å². The Bertz CT molecular complexity index is 597. The van der Waals surface area contributed by atoms with Crippen LogP contribution < -0.4 is 5.73 Å². The van der Waals surface area contributed by atoms with E-state index in [1.54, 1.807) is 0 Å². The Morgan fingerprint density at radius 3 is 2.40 bits per heavy atom. The maximum Gasteiger partial charge on any atom is 0.0885 e. The van der Waals surface area contributed by atoms with Crippen LogP contribution in [0.5, 0.6) is 0 Å². The van der Waals surface area contributed by atoms with Gasteiger partial charge in [0.15, 0.2) is 0 Å². The number of nitrogens with two attached hydrogens (primary N) is 1. The SMILES string of the molecule is Cc1cccc(C(CN)C(O)c2ccc(C)cc2Cl)c1. The first-order chi connectivity index (χ1) is 9.52. The van der Waals surface area contributed by atoms with Crippen molar-refractivity contribution < 1.29 is 5.11 Å². The molecule has 0 aliphatic rings. The van der Waals surface area contributed by atoms with Crippen LogP contribution in [0.15, 0.2) is 42.5 Å². The van der Waals surface area contributed by atoms with Crippen molar-refractivity contribution in [3.05, 3.63) is 69.7 Å². The molecule has 2 aromatic carbocycles. The summed E-state index contributed by atoms with van der Waals surface area (Å²) in [6, 6.07) is 13.8. The summed E-state index contributed by atoms with van der Waals surface area (Å²) in [5.74, 6) is -0.157. The Labute approximate surface area is 125 Å². The van der Waals surface area contributed by atoms with Crippen LogP contribution in [-0.2, 0) is 0 Å². The zero-order valence-electron chi connectivity index (χ0n) is 11.8. The number of benzene rings is 2. The maximum absolute atomic E-state index is 10.6. The fourth-order valence-electron chi connectivity index (χ4n) is 2.44. The third-order valence-electron chi connectivity index (χ3n) is 3.58. The number of rotatable bonds is 4. The Morgan fingerprint density at radius 1 is 1.10 bits per heavy atom. The van der Waals surface area contributed by atoms with Gasteiger partial charge in [0.2, 0.25) is 0 Å². The summed E-state index contributed by atoms with van der Waals surface area (Å²) in [4.78, 5) is 0. The van der Waals surface area contributed by atoms with Gasteiger partial charge in [-0.15, -0.1) is 0 Å². The predicted octanol–water partition coefficient (Wildman–Crippen LogP) is 3.73. The van der Waals surface area contributed by atoms with Crippen LogP contribution >= 0.6 is 11.6 Å². The molecule has 2 nitrogen and oxygen atoms in total. The Kier molecular flexibility index (Phi) is 4.81. The minimum absolute atomic E-state index is 0.157. The standard InChI is InChI=1S/C17H20ClNO/c1-11-4-3-5-13(8-11)15(10-19)17(20)14-7-6-12(2)9-16(14)18/h3-9,15,17,20H,10,19H2,1-2H3. The van der Waals surface area contributed by atoms with Crippen LogP contribution in [-0.4, -0.2) is 11.7 Å². The molecule has 0 spiro atoms. The summed E-state index contributed by atoms with van der Waals surface area (Å²) in [6.07, 6.45) is -0.699. The van der Waals surface area contributed by atoms with Crippen LogP contribution in [0, 0.1) is 13.8 Å². The zero-order valence-corrected chi connectivity index (χ0v) is 12.6. The van der Waals surface area contributed by atoms with Gasteiger partial charge >= 0.3 is 0 Å². The number of hydrogen-bond donors (Lipinski definition) is 2. The molecule has 0 aliphatic carbocycles. The van der Waals surface area contributed by atoms with Crippen molar-refractivity contribution in [1.29, 1.82) is 0 Å². The minimum atomic E-state index is -0.699. The van der Waals surface area contributed by atoms with Crippen LogP contribution in [0.4, 0.5) is 0 Å². The largest absolute Gasteiger partial charge is 0.388 e. The Morgan fingerprint density at radius 2 is 1.80 bits per heavy atom. The number of aryl methyl sites for hydroxylation is 2. The van der Waals surface area contributed by atoms with Crippen molar-refractivity contribution in [3.63, 3.8) is 0 Å². The molecule has 0 amide bonds. The normalized spacial score (nSPS) is 14.1. The molecular formula is C17H20ClNO. The summed E-state index contributed by atoms with van der Waals surface area (Å²) >= 11 is 6.24. The molecule has 0 saturated heterocycles. The molecule has 0 saturated carbocycles. The summed E-state index contributed by atoms with van der Waals surface area (Å²) < 4.78 is 0. The number of halogens is 1. The number of hydrogen-bond acceptors (Lipinski definition) is 2. The molecule has 0 bridgehead atoms. The van der Waals surface area contributed by atoms with Crippen molar-refractivity contribution in [2.45, 2.75) is 25.9 Å². The number of aliphatic hydroxyl groups excluding tert-OH is 1. The Balaban J connectivity index is 2.36. The molecule has 0 aliphatic heterocycles. The number of aliphatic hydroxyl groups is 1. The highest BCUT2D eigenvalue weighted by atomic mass is 35.5.